The third-order valence-electron chi connectivity index (χ3n) is 3.03. The van der Waals surface area contributed by atoms with Gasteiger partial charge in [-0.15, -0.1) is 0 Å². The Balaban J connectivity index is 1.95. The normalized spacial score (nSPS) is 19.3. The Labute approximate surface area is 89.5 Å². The minimum absolute atomic E-state index is 0.743. The van der Waals surface area contributed by atoms with Crippen LogP contribution < -0.4 is 4.74 Å². The molecule has 0 saturated heterocycles. The van der Waals surface area contributed by atoms with Crippen LogP contribution in [0.2, 0.25) is 0 Å². The molecule has 0 N–H and O–H groups in total. The fourth-order valence-electron chi connectivity index (χ4n) is 2.16. The topological polar surface area (TPSA) is 18.5 Å². The molecule has 0 aromatic heterocycles. The van der Waals surface area contributed by atoms with Gasteiger partial charge < -0.3 is 9.47 Å². The van der Waals surface area contributed by atoms with Crippen molar-refractivity contribution in [3.8, 4) is 5.75 Å². The molecule has 0 bridgehead atoms. The molecule has 0 atom stereocenters. The number of hydrogen-bond donors (Lipinski definition) is 0. The molecule has 0 saturated carbocycles. The maximum atomic E-state index is 5.57. The minimum Gasteiger partial charge on any atom is -0.493 e. The minimum atomic E-state index is 0.743. The van der Waals surface area contributed by atoms with E-state index in [9.17, 15) is 0 Å². The van der Waals surface area contributed by atoms with Crippen LogP contribution in [0.1, 0.15) is 17.5 Å². The average molecular weight is 202 g/mol. The molecule has 15 heavy (non-hydrogen) atoms. The lowest BCUT2D eigenvalue weighted by atomic mass is 9.99. The van der Waals surface area contributed by atoms with Crippen LogP contribution in [-0.2, 0) is 11.2 Å². The van der Waals surface area contributed by atoms with Crippen molar-refractivity contribution in [1.82, 2.24) is 0 Å². The maximum Gasteiger partial charge on any atom is 0.123 e. The van der Waals surface area contributed by atoms with Gasteiger partial charge in [0.25, 0.3) is 0 Å². The molecule has 0 fully saturated rings. The van der Waals surface area contributed by atoms with Crippen LogP contribution in [-0.4, -0.2) is 19.8 Å². The summed E-state index contributed by atoms with van der Waals surface area (Å²) >= 11 is 0. The van der Waals surface area contributed by atoms with Gasteiger partial charge in [0.15, 0.2) is 0 Å². The van der Waals surface area contributed by atoms with Crippen molar-refractivity contribution in [2.45, 2.75) is 12.8 Å². The molecule has 2 heteroatoms. The second-order valence-corrected chi connectivity index (χ2v) is 3.98. The smallest absolute Gasteiger partial charge is 0.123 e. The maximum absolute atomic E-state index is 5.57. The second-order valence-electron chi connectivity index (χ2n) is 3.98. The van der Waals surface area contributed by atoms with Crippen LogP contribution in [0.5, 0.6) is 5.75 Å². The van der Waals surface area contributed by atoms with E-state index in [4.69, 9.17) is 9.47 Å². The fourth-order valence-corrected chi connectivity index (χ4v) is 2.16. The van der Waals surface area contributed by atoms with Crippen LogP contribution in [0, 0.1) is 0 Å². The van der Waals surface area contributed by atoms with E-state index in [1.165, 1.54) is 16.7 Å². The second kappa shape index (κ2) is 3.70. The van der Waals surface area contributed by atoms with E-state index in [1.54, 1.807) is 0 Å². The summed E-state index contributed by atoms with van der Waals surface area (Å²) in [6, 6.07) is 6.55. The molecular formula is C13H14O2. The third-order valence-corrected chi connectivity index (χ3v) is 3.03. The van der Waals surface area contributed by atoms with Crippen molar-refractivity contribution in [1.29, 1.82) is 0 Å². The molecule has 0 spiro atoms. The highest BCUT2D eigenvalue weighted by molar-refractivity contribution is 5.68. The Hall–Kier alpha value is -1.28. The Morgan fingerprint density at radius 2 is 2.07 bits per heavy atom. The molecule has 2 aliphatic heterocycles. The Kier molecular flexibility index (Phi) is 2.22. The molecule has 2 heterocycles. The lowest BCUT2D eigenvalue weighted by molar-refractivity contribution is 0.161. The quantitative estimate of drug-likeness (QED) is 0.696. The number of hydrogen-bond acceptors (Lipinski definition) is 2. The number of rotatable bonds is 1. The van der Waals surface area contributed by atoms with Gasteiger partial charge in [-0.05, 0) is 29.2 Å². The first-order valence-corrected chi connectivity index (χ1v) is 5.46. The van der Waals surface area contributed by atoms with Crippen molar-refractivity contribution in [3.63, 3.8) is 0 Å². The first kappa shape index (κ1) is 8.98. The zero-order chi connectivity index (χ0) is 10.1. The first-order chi connectivity index (χ1) is 7.43. The zero-order valence-electron chi connectivity index (χ0n) is 8.66. The van der Waals surface area contributed by atoms with Crippen LogP contribution in [0.25, 0.3) is 5.57 Å². The molecule has 78 valence electrons. The standard InChI is InChI=1S/C13H14O2/c1-2-12(10-3-6-14-7-4-10)9-13-11(1)5-8-15-13/h1-3,9H,4-8H2. The zero-order valence-corrected chi connectivity index (χ0v) is 8.66. The summed E-state index contributed by atoms with van der Waals surface area (Å²) in [5.41, 5.74) is 4.02. The van der Waals surface area contributed by atoms with Crippen molar-refractivity contribution < 1.29 is 9.47 Å². The molecule has 0 radical (unpaired) electrons. The number of ether oxygens (including phenoxy) is 2. The lowest BCUT2D eigenvalue weighted by Gasteiger charge is -2.14. The molecule has 2 aliphatic rings. The van der Waals surface area contributed by atoms with Crippen molar-refractivity contribution in [3.05, 3.63) is 35.4 Å². The van der Waals surface area contributed by atoms with E-state index >= 15 is 0 Å². The largest absolute Gasteiger partial charge is 0.493 e. The predicted octanol–water partition coefficient (Wildman–Crippen LogP) is 2.43. The highest BCUT2D eigenvalue weighted by Gasteiger charge is 2.14. The van der Waals surface area contributed by atoms with E-state index < -0.39 is 0 Å². The summed E-state index contributed by atoms with van der Waals surface area (Å²) in [6.45, 7) is 2.41. The van der Waals surface area contributed by atoms with E-state index in [0.717, 1.165) is 38.4 Å². The molecular weight excluding hydrogens is 188 g/mol. The molecule has 0 unspecified atom stereocenters. The average Bonchev–Trinajstić information content (AvgIpc) is 2.77. The van der Waals surface area contributed by atoms with Gasteiger partial charge >= 0.3 is 0 Å². The summed E-state index contributed by atoms with van der Waals surface area (Å²) in [5, 5.41) is 0. The van der Waals surface area contributed by atoms with E-state index in [0.29, 0.717) is 0 Å². The Morgan fingerprint density at radius 1 is 1.07 bits per heavy atom. The summed E-state index contributed by atoms with van der Waals surface area (Å²) in [7, 11) is 0. The summed E-state index contributed by atoms with van der Waals surface area (Å²) in [4.78, 5) is 0. The third kappa shape index (κ3) is 1.65. The van der Waals surface area contributed by atoms with E-state index in [2.05, 4.69) is 24.3 Å². The molecule has 0 amide bonds. The highest BCUT2D eigenvalue weighted by Crippen LogP contribution is 2.30. The monoisotopic (exact) mass is 202 g/mol. The van der Waals surface area contributed by atoms with E-state index in [1.807, 2.05) is 0 Å². The molecule has 0 aliphatic carbocycles. The Bertz CT molecular complexity index is 407. The molecule has 3 rings (SSSR count). The van der Waals surface area contributed by atoms with Crippen molar-refractivity contribution in [2.24, 2.45) is 0 Å². The highest BCUT2D eigenvalue weighted by atomic mass is 16.5. The van der Waals surface area contributed by atoms with Crippen LogP contribution in [0.4, 0.5) is 0 Å². The van der Waals surface area contributed by atoms with Gasteiger partial charge in [-0.3, -0.25) is 0 Å². The van der Waals surface area contributed by atoms with E-state index in [-0.39, 0.29) is 0 Å². The SMILES string of the molecule is C1=C(c2ccc3c(c2)OCC3)CCOC1. The number of benzene rings is 1. The molecule has 1 aromatic rings. The summed E-state index contributed by atoms with van der Waals surface area (Å²) in [5.74, 6) is 1.07. The van der Waals surface area contributed by atoms with Gasteiger partial charge in [-0.1, -0.05) is 18.2 Å². The lowest BCUT2D eigenvalue weighted by Crippen LogP contribution is -2.03. The van der Waals surface area contributed by atoms with Gasteiger partial charge in [-0.2, -0.15) is 0 Å². The summed E-state index contributed by atoms with van der Waals surface area (Å²) < 4.78 is 10.9. The van der Waals surface area contributed by atoms with Crippen molar-refractivity contribution >= 4 is 5.57 Å². The van der Waals surface area contributed by atoms with Gasteiger partial charge in [0.1, 0.15) is 5.75 Å². The summed E-state index contributed by atoms with van der Waals surface area (Å²) in [6.07, 6.45) is 4.23. The van der Waals surface area contributed by atoms with Gasteiger partial charge in [0.2, 0.25) is 0 Å². The van der Waals surface area contributed by atoms with Gasteiger partial charge in [0, 0.05) is 6.42 Å². The predicted molar refractivity (Wildman–Crippen MR) is 59.1 cm³/mol. The fraction of sp³-hybridized carbons (Fsp3) is 0.385. The van der Waals surface area contributed by atoms with Crippen molar-refractivity contribution in [2.75, 3.05) is 19.8 Å². The Morgan fingerprint density at radius 3 is 2.93 bits per heavy atom. The molecule has 2 nitrogen and oxygen atoms in total. The van der Waals surface area contributed by atoms with Crippen LogP contribution in [0.15, 0.2) is 24.3 Å². The van der Waals surface area contributed by atoms with Crippen LogP contribution in [0.3, 0.4) is 0 Å². The first-order valence-electron chi connectivity index (χ1n) is 5.46. The number of fused-ring (bicyclic) bond motifs is 1. The molecule has 1 aromatic carbocycles. The van der Waals surface area contributed by atoms with Crippen LogP contribution >= 0.6 is 0 Å². The van der Waals surface area contributed by atoms with Gasteiger partial charge in [-0.25, -0.2) is 0 Å². The van der Waals surface area contributed by atoms with Gasteiger partial charge in [0.05, 0.1) is 19.8 Å².